The van der Waals surface area contributed by atoms with Crippen LogP contribution in [0.4, 0.5) is 4.39 Å². The van der Waals surface area contributed by atoms with Gasteiger partial charge < -0.3 is 19.4 Å². The van der Waals surface area contributed by atoms with Crippen LogP contribution >= 0.6 is 24.8 Å². The van der Waals surface area contributed by atoms with Crippen LogP contribution in [0.1, 0.15) is 17.7 Å². The average Bonchev–Trinajstić information content (AvgIpc) is 2.87. The number of fused-ring (bicyclic) bond motifs is 2. The van der Waals surface area contributed by atoms with Gasteiger partial charge in [0.05, 0.1) is 29.0 Å². The maximum Gasteiger partial charge on any atom is 0.251 e. The molecule has 192 valence electrons. The monoisotopic (exact) mass is 535 g/mol. The van der Waals surface area contributed by atoms with Crippen molar-refractivity contribution in [1.29, 1.82) is 5.26 Å². The Morgan fingerprint density at radius 3 is 2.67 bits per heavy atom. The van der Waals surface area contributed by atoms with Gasteiger partial charge in [-0.3, -0.25) is 14.7 Å². The Hall–Kier alpha value is -2.90. The highest BCUT2D eigenvalue weighted by molar-refractivity contribution is 5.85. The van der Waals surface area contributed by atoms with E-state index in [0.29, 0.717) is 62.9 Å². The number of alkyl halides is 1. The summed E-state index contributed by atoms with van der Waals surface area (Å²) in [6.45, 7) is 3.52. The average molecular weight is 536 g/mol. The molecule has 1 N–H and O–H groups in total. The lowest BCUT2D eigenvalue weighted by Gasteiger charge is -2.35. The predicted molar refractivity (Wildman–Crippen MR) is 139 cm³/mol. The molecule has 1 aromatic carbocycles. The Kier molecular flexibility index (Phi) is 9.51. The molecule has 0 unspecified atom stereocenters. The van der Waals surface area contributed by atoms with E-state index in [9.17, 15) is 14.4 Å². The summed E-state index contributed by atoms with van der Waals surface area (Å²) in [7, 11) is 0. The molecule has 1 fully saturated rings. The molecule has 0 amide bonds. The fourth-order valence-corrected chi connectivity index (χ4v) is 4.55. The molecule has 2 aliphatic rings. The Morgan fingerprint density at radius 2 is 1.89 bits per heavy atom. The van der Waals surface area contributed by atoms with Crippen molar-refractivity contribution in [2.45, 2.75) is 31.7 Å². The number of rotatable bonds is 6. The zero-order chi connectivity index (χ0) is 23.5. The molecular weight excluding hydrogens is 508 g/mol. The summed E-state index contributed by atoms with van der Waals surface area (Å²) in [6.07, 6.45) is 1.28. The molecule has 0 bridgehead atoms. The molecule has 3 aromatic rings. The molecule has 1 saturated heterocycles. The van der Waals surface area contributed by atoms with Crippen molar-refractivity contribution in [1.82, 2.24) is 19.8 Å². The number of hydrogen-bond donors (Lipinski definition) is 1. The van der Waals surface area contributed by atoms with Crippen molar-refractivity contribution in [3.63, 3.8) is 0 Å². The fourth-order valence-electron chi connectivity index (χ4n) is 4.55. The lowest BCUT2D eigenvalue weighted by molar-refractivity contribution is 0.100. The van der Waals surface area contributed by atoms with Gasteiger partial charge in [-0.05, 0) is 36.6 Å². The van der Waals surface area contributed by atoms with E-state index >= 15 is 0 Å². The largest absolute Gasteiger partial charge is 0.486 e. The van der Waals surface area contributed by atoms with E-state index < -0.39 is 6.17 Å². The van der Waals surface area contributed by atoms with Crippen LogP contribution in [0.5, 0.6) is 11.5 Å². The number of hydrogen-bond acceptors (Lipinski definition) is 7. The lowest BCUT2D eigenvalue weighted by Crippen LogP contribution is -2.51. The van der Waals surface area contributed by atoms with E-state index in [1.54, 1.807) is 29.0 Å². The zero-order valence-electron chi connectivity index (χ0n) is 19.6. The van der Waals surface area contributed by atoms with Gasteiger partial charge in [0.25, 0.3) is 5.56 Å². The number of pyridine rings is 2. The molecule has 0 aliphatic carbocycles. The van der Waals surface area contributed by atoms with Crippen LogP contribution in [0.3, 0.4) is 0 Å². The minimum atomic E-state index is -1.03. The normalized spacial score (nSPS) is 19.1. The number of aromatic nitrogens is 2. The second-order valence-corrected chi connectivity index (χ2v) is 8.62. The Labute approximate surface area is 220 Å². The number of halogens is 3. The summed E-state index contributed by atoms with van der Waals surface area (Å²) in [4.78, 5) is 18.9. The minimum absolute atomic E-state index is 0. The van der Waals surface area contributed by atoms with Crippen molar-refractivity contribution >= 4 is 35.7 Å². The topological polar surface area (TPSA) is 92.4 Å². The fraction of sp³-hybridized carbons (Fsp3) is 0.400. The van der Waals surface area contributed by atoms with Gasteiger partial charge in [-0.2, -0.15) is 5.26 Å². The third-order valence-corrected chi connectivity index (χ3v) is 6.42. The highest BCUT2D eigenvalue weighted by Crippen LogP contribution is 2.29. The first-order chi connectivity index (χ1) is 16.6. The van der Waals surface area contributed by atoms with Gasteiger partial charge in [0.1, 0.15) is 19.4 Å². The number of ether oxygens (including phenoxy) is 2. The van der Waals surface area contributed by atoms with Gasteiger partial charge in [-0.25, -0.2) is 4.39 Å². The molecule has 5 rings (SSSR count). The van der Waals surface area contributed by atoms with Gasteiger partial charge in [-0.1, -0.05) is 6.07 Å². The van der Waals surface area contributed by atoms with Gasteiger partial charge in [0, 0.05) is 44.4 Å². The highest BCUT2D eigenvalue weighted by Gasteiger charge is 2.29. The second kappa shape index (κ2) is 12.4. The van der Waals surface area contributed by atoms with Crippen molar-refractivity contribution < 1.29 is 13.9 Å². The SMILES string of the molecule is Cl.Cl.N#Cc1ccc2ccc(=O)n(CCN3CC[C@H](NCc4cc5c(cn4)OCCO5)[C@@H](F)C3)c2c1. The van der Waals surface area contributed by atoms with Gasteiger partial charge in [0.15, 0.2) is 11.5 Å². The number of nitrogens with one attached hydrogen (secondary N) is 1. The zero-order valence-corrected chi connectivity index (χ0v) is 21.2. The predicted octanol–water partition coefficient (Wildman–Crippen LogP) is 3.09. The van der Waals surface area contributed by atoms with E-state index in [4.69, 9.17) is 9.47 Å². The maximum absolute atomic E-state index is 15.0. The molecule has 8 nitrogen and oxygen atoms in total. The summed E-state index contributed by atoms with van der Waals surface area (Å²) in [5, 5.41) is 13.4. The number of nitrogens with zero attached hydrogens (tertiary/aromatic N) is 4. The molecule has 0 saturated carbocycles. The molecule has 4 heterocycles. The van der Waals surface area contributed by atoms with Crippen LogP contribution in [-0.2, 0) is 13.1 Å². The van der Waals surface area contributed by atoms with E-state index in [1.807, 2.05) is 17.0 Å². The van der Waals surface area contributed by atoms with Crippen molar-refractivity contribution in [2.24, 2.45) is 0 Å². The Balaban J connectivity index is 0.00000180. The summed E-state index contributed by atoms with van der Waals surface area (Å²) in [6, 6.07) is 12.3. The van der Waals surface area contributed by atoms with E-state index in [-0.39, 0.29) is 36.4 Å². The van der Waals surface area contributed by atoms with Gasteiger partial charge >= 0.3 is 0 Å². The van der Waals surface area contributed by atoms with Crippen molar-refractivity contribution in [3.8, 4) is 17.6 Å². The Bertz CT molecular complexity index is 1300. The van der Waals surface area contributed by atoms with Crippen molar-refractivity contribution in [2.75, 3.05) is 32.8 Å². The summed E-state index contributed by atoms with van der Waals surface area (Å²) in [5.41, 5.74) is 1.90. The van der Waals surface area contributed by atoms with E-state index in [2.05, 4.69) is 16.4 Å². The third kappa shape index (κ3) is 6.08. The quantitative estimate of drug-likeness (QED) is 0.518. The van der Waals surface area contributed by atoms with Crippen molar-refractivity contribution in [3.05, 3.63) is 64.2 Å². The maximum atomic E-state index is 15.0. The number of likely N-dealkylation sites (tertiary alicyclic amines) is 1. The van der Waals surface area contributed by atoms with Gasteiger partial charge in [0.2, 0.25) is 0 Å². The highest BCUT2D eigenvalue weighted by atomic mass is 35.5. The standard InChI is InChI=1S/C25H26FN5O3.2ClH/c26-20-16-30(7-8-31-22-11-17(13-27)1-2-18(22)3-4-25(31)32)6-5-21(20)29-14-19-12-23-24(15-28-19)34-10-9-33-23;;/h1-4,11-12,15,20-21,29H,5-10,14,16H2;2*1H/t20-,21-;;/m0../s1. The summed E-state index contributed by atoms with van der Waals surface area (Å²) in [5.74, 6) is 1.32. The molecule has 2 atom stereocenters. The second-order valence-electron chi connectivity index (χ2n) is 8.62. The van der Waals surface area contributed by atoms with Crippen LogP contribution in [0.2, 0.25) is 0 Å². The smallest absolute Gasteiger partial charge is 0.251 e. The molecule has 0 radical (unpaired) electrons. The third-order valence-electron chi connectivity index (χ3n) is 6.42. The van der Waals surface area contributed by atoms with Crippen LogP contribution in [0, 0.1) is 11.3 Å². The molecule has 36 heavy (non-hydrogen) atoms. The van der Waals surface area contributed by atoms with Gasteiger partial charge in [-0.15, -0.1) is 24.8 Å². The molecular formula is C25H28Cl2FN5O3. The summed E-state index contributed by atoms with van der Waals surface area (Å²) < 4.78 is 27.7. The Morgan fingerprint density at radius 1 is 1.11 bits per heavy atom. The minimum Gasteiger partial charge on any atom is -0.486 e. The van der Waals surface area contributed by atoms with Crippen LogP contribution in [-0.4, -0.2) is 59.5 Å². The first-order valence-corrected chi connectivity index (χ1v) is 11.5. The van der Waals surface area contributed by atoms with Crippen LogP contribution in [0.15, 0.2) is 47.4 Å². The first kappa shape index (κ1) is 27.7. The molecule has 2 aliphatic heterocycles. The molecule has 0 spiro atoms. The number of piperidine rings is 1. The molecule has 2 aromatic heterocycles. The number of nitriles is 1. The first-order valence-electron chi connectivity index (χ1n) is 11.5. The molecule has 11 heteroatoms. The lowest BCUT2D eigenvalue weighted by atomic mass is 10.0. The summed E-state index contributed by atoms with van der Waals surface area (Å²) >= 11 is 0. The van der Waals surface area contributed by atoms with Crippen LogP contribution in [0.25, 0.3) is 10.9 Å². The van der Waals surface area contributed by atoms with E-state index in [1.165, 1.54) is 6.07 Å². The number of benzene rings is 1. The van der Waals surface area contributed by atoms with E-state index in [0.717, 1.165) is 23.1 Å². The van der Waals surface area contributed by atoms with Crippen LogP contribution < -0.4 is 20.3 Å².